The monoisotopic (exact) mass is 438 g/mol. The summed E-state index contributed by atoms with van der Waals surface area (Å²) in [5.74, 6) is 5.59. The molecule has 9 heteroatoms. The molecule has 2 N–H and O–H groups in total. The Bertz CT molecular complexity index is 1330. The fourth-order valence-corrected chi connectivity index (χ4v) is 3.39. The molecule has 0 unspecified atom stereocenters. The van der Waals surface area contributed by atoms with E-state index in [9.17, 15) is 13.2 Å². The molecule has 1 aliphatic rings. The fraction of sp³-hybridized carbons (Fsp3) is 0.304. The van der Waals surface area contributed by atoms with Gasteiger partial charge in [-0.1, -0.05) is 5.92 Å². The van der Waals surface area contributed by atoms with Crippen molar-refractivity contribution in [2.24, 2.45) is 5.41 Å². The number of rotatable bonds is 4. The maximum atomic E-state index is 14.1. The first-order valence-electron chi connectivity index (χ1n) is 10.0. The average molecular weight is 438 g/mol. The molecule has 1 aliphatic carbocycles. The van der Waals surface area contributed by atoms with Crippen LogP contribution in [0.2, 0.25) is 0 Å². The minimum absolute atomic E-state index is 0.00103. The van der Waals surface area contributed by atoms with E-state index in [0.29, 0.717) is 16.9 Å². The number of benzene rings is 1. The Kier molecular flexibility index (Phi) is 5.46. The Morgan fingerprint density at radius 2 is 2.03 bits per heavy atom. The number of nitrogens with zero attached hydrogens (tertiary/aromatic N) is 4. The van der Waals surface area contributed by atoms with E-state index in [1.54, 1.807) is 12.1 Å². The molecule has 4 rings (SSSR count). The van der Waals surface area contributed by atoms with E-state index >= 15 is 0 Å². The van der Waals surface area contributed by atoms with Crippen molar-refractivity contribution in [2.45, 2.75) is 33.1 Å². The number of fused-ring (bicyclic) bond motifs is 1. The number of nitrogens with one attached hydrogen (secondary N) is 2. The zero-order chi connectivity index (χ0) is 23.0. The summed E-state index contributed by atoms with van der Waals surface area (Å²) in [5.41, 5.74) is 0.767. The van der Waals surface area contributed by atoms with Crippen LogP contribution in [0.25, 0.3) is 10.9 Å². The van der Waals surface area contributed by atoms with E-state index < -0.39 is 18.8 Å². The molecule has 1 aromatic carbocycles. The molecular weight excluding hydrogens is 417 g/mol. The van der Waals surface area contributed by atoms with E-state index in [1.807, 2.05) is 0 Å². The summed E-state index contributed by atoms with van der Waals surface area (Å²) in [6.45, 7) is 2.80. The Labute approximate surface area is 182 Å². The molecule has 0 saturated heterocycles. The van der Waals surface area contributed by atoms with Gasteiger partial charge in [-0.25, -0.2) is 18.2 Å². The highest BCUT2D eigenvalue weighted by atomic mass is 19.3. The van der Waals surface area contributed by atoms with Crippen LogP contribution in [0, 0.1) is 33.9 Å². The Balaban J connectivity index is 1.91. The lowest BCUT2D eigenvalue weighted by Crippen LogP contribution is -2.32. The van der Waals surface area contributed by atoms with Gasteiger partial charge in [0, 0.05) is 22.7 Å². The molecule has 0 aliphatic heterocycles. The first-order valence-corrected chi connectivity index (χ1v) is 10.0. The van der Waals surface area contributed by atoms with Crippen LogP contribution in [0.3, 0.4) is 0 Å². The first kappa shape index (κ1) is 21.6. The highest BCUT2D eigenvalue weighted by Gasteiger charge is 2.35. The Hall–Kier alpha value is -3.67. The maximum absolute atomic E-state index is 14.1. The summed E-state index contributed by atoms with van der Waals surface area (Å²) < 4.78 is 42.5. The lowest BCUT2D eigenvalue weighted by atomic mass is 10.1. The molecule has 1 saturated carbocycles. The van der Waals surface area contributed by atoms with Gasteiger partial charge in [-0.2, -0.15) is 4.98 Å². The van der Waals surface area contributed by atoms with Crippen LogP contribution in [-0.4, -0.2) is 33.3 Å². The second kappa shape index (κ2) is 8.11. The highest BCUT2D eigenvalue weighted by molar-refractivity contribution is 5.97. The summed E-state index contributed by atoms with van der Waals surface area (Å²) in [4.78, 5) is 9.63. The quantitative estimate of drug-likeness (QED) is 0.359. The van der Waals surface area contributed by atoms with Crippen LogP contribution in [0.1, 0.15) is 32.4 Å². The fourth-order valence-electron chi connectivity index (χ4n) is 3.39. The van der Waals surface area contributed by atoms with Gasteiger partial charge in [0.05, 0.1) is 12.1 Å². The van der Waals surface area contributed by atoms with E-state index in [-0.39, 0.29) is 28.1 Å². The van der Waals surface area contributed by atoms with Crippen molar-refractivity contribution in [3.63, 3.8) is 0 Å². The van der Waals surface area contributed by atoms with Crippen LogP contribution in [-0.2, 0) is 0 Å². The highest BCUT2D eigenvalue weighted by Crippen LogP contribution is 2.44. The third kappa shape index (κ3) is 4.35. The van der Waals surface area contributed by atoms with Crippen LogP contribution >= 0.6 is 0 Å². The topological polar surface area (TPSA) is 81.7 Å². The van der Waals surface area contributed by atoms with E-state index in [0.717, 1.165) is 12.8 Å². The number of hydrogen-bond acceptors (Lipinski definition) is 5. The van der Waals surface area contributed by atoms with Crippen molar-refractivity contribution < 1.29 is 13.2 Å². The number of halogens is 3. The molecule has 0 atom stereocenters. The average Bonchev–Trinajstić information content (AvgIpc) is 3.47. The molecule has 0 bridgehead atoms. The van der Waals surface area contributed by atoms with Gasteiger partial charge in [0.1, 0.15) is 23.2 Å². The van der Waals surface area contributed by atoms with E-state index in [2.05, 4.69) is 28.7 Å². The van der Waals surface area contributed by atoms with Crippen LogP contribution in [0.15, 0.2) is 36.5 Å². The van der Waals surface area contributed by atoms with Gasteiger partial charge in [-0.3, -0.25) is 15.4 Å². The summed E-state index contributed by atoms with van der Waals surface area (Å²) >= 11 is 0. The van der Waals surface area contributed by atoms with E-state index in [1.165, 1.54) is 40.8 Å². The molecule has 2 heterocycles. The number of alkyl halides is 2. The predicted octanol–water partition coefficient (Wildman–Crippen LogP) is 4.45. The van der Waals surface area contributed by atoms with Gasteiger partial charge in [0.2, 0.25) is 5.62 Å². The summed E-state index contributed by atoms with van der Waals surface area (Å²) in [5, 5.41) is 16.4. The maximum Gasteiger partial charge on any atom is 0.256 e. The summed E-state index contributed by atoms with van der Waals surface area (Å²) in [6.07, 6.45) is 0.782. The molecule has 2 aromatic heterocycles. The Morgan fingerprint density at radius 3 is 2.69 bits per heavy atom. The van der Waals surface area contributed by atoms with Gasteiger partial charge >= 0.3 is 0 Å². The molecule has 164 valence electrons. The first-order chi connectivity index (χ1) is 15.2. The molecule has 32 heavy (non-hydrogen) atoms. The minimum Gasteiger partial charge on any atom is -0.320 e. The molecular formula is C23H21F3N6. The SMILES string of the molecule is CC(=N)n1c(=N)nc(N(CC(F)F)c2ccnc(C#CC3(C)CC3)c2)c2cc(F)ccc21. The van der Waals surface area contributed by atoms with Crippen molar-refractivity contribution >= 4 is 28.2 Å². The zero-order valence-electron chi connectivity index (χ0n) is 17.6. The van der Waals surface area contributed by atoms with Crippen LogP contribution in [0.5, 0.6) is 0 Å². The molecule has 6 nitrogen and oxygen atoms in total. The molecule has 0 spiro atoms. The van der Waals surface area contributed by atoms with Crippen molar-refractivity contribution in [2.75, 3.05) is 11.4 Å². The van der Waals surface area contributed by atoms with Crippen LogP contribution < -0.4 is 10.5 Å². The second-order valence-electron chi connectivity index (χ2n) is 8.05. The number of hydrogen-bond donors (Lipinski definition) is 2. The van der Waals surface area contributed by atoms with Gasteiger partial charge in [0.25, 0.3) is 6.43 Å². The van der Waals surface area contributed by atoms with Crippen molar-refractivity contribution in [3.05, 3.63) is 53.7 Å². The lowest BCUT2D eigenvalue weighted by molar-refractivity contribution is 0.158. The number of aromatic nitrogens is 3. The van der Waals surface area contributed by atoms with E-state index in [4.69, 9.17) is 10.8 Å². The van der Waals surface area contributed by atoms with Crippen molar-refractivity contribution in [1.82, 2.24) is 14.5 Å². The summed E-state index contributed by atoms with van der Waals surface area (Å²) in [7, 11) is 0. The minimum atomic E-state index is -2.72. The third-order valence-electron chi connectivity index (χ3n) is 5.32. The second-order valence-corrected chi connectivity index (χ2v) is 8.05. The Morgan fingerprint density at radius 1 is 1.28 bits per heavy atom. The number of pyridine rings is 1. The van der Waals surface area contributed by atoms with Gasteiger partial charge in [-0.15, -0.1) is 0 Å². The van der Waals surface area contributed by atoms with Gasteiger partial charge in [0.15, 0.2) is 0 Å². The normalized spacial score (nSPS) is 14.2. The third-order valence-corrected chi connectivity index (χ3v) is 5.32. The van der Waals surface area contributed by atoms with Crippen molar-refractivity contribution in [1.29, 1.82) is 10.8 Å². The molecule has 1 fully saturated rings. The number of anilines is 2. The van der Waals surface area contributed by atoms with Crippen LogP contribution in [0.4, 0.5) is 24.7 Å². The zero-order valence-corrected chi connectivity index (χ0v) is 17.6. The standard InChI is InChI=1S/C23H21F3N6/c1-14(27)32-19-4-3-15(24)11-18(19)21(30-22(32)28)31(13-20(25)26)17-6-10-29-16(12-17)5-7-23(2)8-9-23/h3-4,6,10-12,20,27-28H,8-9,13H2,1-2H3. The predicted molar refractivity (Wildman–Crippen MR) is 116 cm³/mol. The largest absolute Gasteiger partial charge is 0.320 e. The molecule has 0 amide bonds. The summed E-state index contributed by atoms with van der Waals surface area (Å²) in [6, 6.07) is 6.91. The van der Waals surface area contributed by atoms with Crippen molar-refractivity contribution in [3.8, 4) is 11.8 Å². The molecule has 0 radical (unpaired) electrons. The lowest BCUT2D eigenvalue weighted by Gasteiger charge is -2.25. The van der Waals surface area contributed by atoms with Gasteiger partial charge < -0.3 is 4.90 Å². The molecule has 3 aromatic rings. The van der Waals surface area contributed by atoms with Gasteiger partial charge in [-0.05, 0) is 62.9 Å². The smallest absolute Gasteiger partial charge is 0.256 e.